The van der Waals surface area contributed by atoms with Gasteiger partial charge >= 0.3 is 15.5 Å². The Labute approximate surface area is 158 Å². The molecule has 1 N–H and O–H groups in total. The Kier molecular flexibility index (Phi) is 5.33. The average Bonchev–Trinajstić information content (AvgIpc) is 3.06. The van der Waals surface area contributed by atoms with Crippen LogP contribution < -0.4 is 4.72 Å². The molecule has 1 aliphatic rings. The lowest BCUT2D eigenvalue weighted by Gasteiger charge is -2.25. The Morgan fingerprint density at radius 2 is 2.07 bits per heavy atom. The molecule has 1 unspecified atom stereocenters. The second-order valence-electron chi connectivity index (χ2n) is 6.11. The largest absolute Gasteiger partial charge is 0.511 e. The molecule has 1 amide bonds. The summed E-state index contributed by atoms with van der Waals surface area (Å²) in [7, 11) is -5.45. The van der Waals surface area contributed by atoms with Crippen LogP contribution >= 0.6 is 11.6 Å². The Bertz CT molecular complexity index is 982. The highest BCUT2D eigenvalue weighted by Crippen LogP contribution is 2.27. The average molecular weight is 422 g/mol. The van der Waals surface area contributed by atoms with Crippen LogP contribution in [0.15, 0.2) is 30.5 Å². The number of nitrogens with zero attached hydrogens (tertiary/aromatic N) is 2. The molecular weight excluding hydrogens is 407 g/mol. The summed E-state index contributed by atoms with van der Waals surface area (Å²) in [6, 6.07) is 5.73. The number of alkyl halides is 3. The lowest BCUT2D eigenvalue weighted by atomic mass is 10.1. The molecule has 1 fully saturated rings. The number of benzene rings is 1. The second kappa shape index (κ2) is 7.25. The van der Waals surface area contributed by atoms with Gasteiger partial charge in [0.2, 0.25) is 0 Å². The number of carbonyl (C=O) groups excluding carboxylic acids is 1. The maximum absolute atomic E-state index is 13.0. The Hall–Kier alpha value is -1.91. The van der Waals surface area contributed by atoms with Crippen LogP contribution in [0.25, 0.3) is 10.9 Å². The molecule has 0 bridgehead atoms. The standard InChI is InChI=1S/C16H15ClF3N3O3S/c17-10-3-4-14-13(8-10)12(5-6-21-14)15(24)23-7-1-2-11(23)9-22-27(25,26)16(18,19)20/h3-6,8,11,22H,1-2,7,9H2. The fourth-order valence-electron chi connectivity index (χ4n) is 3.06. The van der Waals surface area contributed by atoms with Crippen molar-refractivity contribution in [2.75, 3.05) is 13.1 Å². The van der Waals surface area contributed by atoms with Crippen molar-refractivity contribution in [3.05, 3.63) is 41.0 Å². The fourth-order valence-corrected chi connectivity index (χ4v) is 3.81. The van der Waals surface area contributed by atoms with Crippen molar-refractivity contribution in [3.8, 4) is 0 Å². The van der Waals surface area contributed by atoms with Crippen molar-refractivity contribution in [1.82, 2.24) is 14.6 Å². The quantitative estimate of drug-likeness (QED) is 0.823. The molecule has 2 aromatic rings. The van der Waals surface area contributed by atoms with Crippen LogP contribution in [0, 0.1) is 0 Å². The van der Waals surface area contributed by atoms with Crippen molar-refractivity contribution in [3.63, 3.8) is 0 Å². The van der Waals surface area contributed by atoms with E-state index < -0.39 is 34.0 Å². The van der Waals surface area contributed by atoms with Crippen LogP contribution in [-0.4, -0.2) is 48.8 Å². The van der Waals surface area contributed by atoms with Gasteiger partial charge in [-0.05, 0) is 37.1 Å². The first-order valence-electron chi connectivity index (χ1n) is 8.01. The molecule has 11 heteroatoms. The zero-order valence-corrected chi connectivity index (χ0v) is 15.4. The molecule has 1 aromatic heterocycles. The number of fused-ring (bicyclic) bond motifs is 1. The minimum Gasteiger partial charge on any atom is -0.334 e. The van der Waals surface area contributed by atoms with Crippen molar-refractivity contribution < 1.29 is 26.4 Å². The predicted molar refractivity (Wildman–Crippen MR) is 93.8 cm³/mol. The molecule has 27 heavy (non-hydrogen) atoms. The third kappa shape index (κ3) is 4.02. The number of nitrogens with one attached hydrogen (secondary N) is 1. The summed E-state index contributed by atoms with van der Waals surface area (Å²) in [4.78, 5) is 18.5. The van der Waals surface area contributed by atoms with E-state index in [4.69, 9.17) is 11.6 Å². The minimum atomic E-state index is -5.45. The number of amides is 1. The SMILES string of the molecule is O=C(c1ccnc2ccc(Cl)cc12)N1CCCC1CNS(=O)(=O)C(F)(F)F. The Balaban J connectivity index is 1.84. The van der Waals surface area contributed by atoms with Crippen LogP contribution in [-0.2, 0) is 10.0 Å². The number of likely N-dealkylation sites (tertiary alicyclic amines) is 1. The third-order valence-electron chi connectivity index (χ3n) is 4.39. The number of sulfonamides is 1. The molecule has 1 aliphatic heterocycles. The van der Waals surface area contributed by atoms with Gasteiger partial charge in [0.05, 0.1) is 11.1 Å². The zero-order chi connectivity index (χ0) is 19.8. The van der Waals surface area contributed by atoms with Gasteiger partial charge in [-0.2, -0.15) is 13.2 Å². The van der Waals surface area contributed by atoms with Gasteiger partial charge in [0.15, 0.2) is 0 Å². The van der Waals surface area contributed by atoms with Crippen molar-refractivity contribution in [1.29, 1.82) is 0 Å². The van der Waals surface area contributed by atoms with Crippen molar-refractivity contribution in [2.45, 2.75) is 24.4 Å². The highest BCUT2D eigenvalue weighted by molar-refractivity contribution is 7.90. The molecule has 2 heterocycles. The van der Waals surface area contributed by atoms with E-state index >= 15 is 0 Å². The number of hydrogen-bond acceptors (Lipinski definition) is 4. The normalized spacial score (nSPS) is 18.2. The summed E-state index contributed by atoms with van der Waals surface area (Å²) >= 11 is 5.99. The first kappa shape index (κ1) is 19.8. The smallest absolute Gasteiger partial charge is 0.334 e. The summed E-state index contributed by atoms with van der Waals surface area (Å²) in [6.07, 6.45) is 2.42. The van der Waals surface area contributed by atoms with Crippen molar-refractivity contribution in [2.24, 2.45) is 0 Å². The molecule has 146 valence electrons. The minimum absolute atomic E-state index is 0.313. The number of aromatic nitrogens is 1. The Morgan fingerprint density at radius 1 is 1.33 bits per heavy atom. The monoisotopic (exact) mass is 421 g/mol. The van der Waals surface area contributed by atoms with Gasteiger partial charge in [0.25, 0.3) is 5.91 Å². The van der Waals surface area contributed by atoms with E-state index in [0.717, 1.165) is 0 Å². The molecular formula is C16H15ClF3N3O3S. The van der Waals surface area contributed by atoms with Crippen LogP contribution in [0.4, 0.5) is 13.2 Å². The van der Waals surface area contributed by atoms with E-state index in [0.29, 0.717) is 40.9 Å². The molecule has 3 rings (SSSR count). The maximum Gasteiger partial charge on any atom is 0.511 e. The van der Waals surface area contributed by atoms with Gasteiger partial charge in [-0.1, -0.05) is 11.6 Å². The van der Waals surface area contributed by atoms with E-state index in [1.165, 1.54) is 17.2 Å². The summed E-state index contributed by atoms with van der Waals surface area (Å²) < 4.78 is 61.4. The molecule has 1 aromatic carbocycles. The van der Waals surface area contributed by atoms with Gasteiger partial charge in [0.1, 0.15) is 0 Å². The maximum atomic E-state index is 13.0. The molecule has 0 radical (unpaired) electrons. The van der Waals surface area contributed by atoms with Crippen LogP contribution in [0.2, 0.25) is 5.02 Å². The van der Waals surface area contributed by atoms with Gasteiger partial charge in [-0.15, -0.1) is 0 Å². The predicted octanol–water partition coefficient (Wildman–Crippen LogP) is 2.93. The second-order valence-corrected chi connectivity index (χ2v) is 8.31. The third-order valence-corrected chi connectivity index (χ3v) is 5.78. The first-order valence-corrected chi connectivity index (χ1v) is 9.87. The highest BCUT2D eigenvalue weighted by atomic mass is 35.5. The zero-order valence-electron chi connectivity index (χ0n) is 13.8. The van der Waals surface area contributed by atoms with Gasteiger partial charge in [0, 0.05) is 35.7 Å². The van der Waals surface area contributed by atoms with E-state index in [2.05, 4.69) is 4.98 Å². The summed E-state index contributed by atoms with van der Waals surface area (Å²) in [5.41, 5.74) is -4.52. The summed E-state index contributed by atoms with van der Waals surface area (Å²) in [6.45, 7) is -0.182. The molecule has 6 nitrogen and oxygen atoms in total. The fraction of sp³-hybridized carbons (Fsp3) is 0.375. The summed E-state index contributed by atoms with van der Waals surface area (Å²) in [5.74, 6) is -0.404. The first-order chi connectivity index (χ1) is 12.6. The molecule has 0 aliphatic carbocycles. The molecule has 0 saturated carbocycles. The lowest BCUT2D eigenvalue weighted by Crippen LogP contribution is -2.46. The van der Waals surface area contributed by atoms with Crippen LogP contribution in [0.1, 0.15) is 23.2 Å². The van der Waals surface area contributed by atoms with Crippen LogP contribution in [0.5, 0.6) is 0 Å². The van der Waals surface area contributed by atoms with Crippen molar-refractivity contribution >= 4 is 38.4 Å². The van der Waals surface area contributed by atoms with E-state index in [1.54, 1.807) is 22.9 Å². The van der Waals surface area contributed by atoms with E-state index in [-0.39, 0.29) is 0 Å². The number of halogens is 4. The number of carbonyl (C=O) groups is 1. The number of rotatable bonds is 4. The van der Waals surface area contributed by atoms with E-state index in [9.17, 15) is 26.4 Å². The molecule has 0 spiro atoms. The molecule has 1 atom stereocenters. The van der Waals surface area contributed by atoms with Gasteiger partial charge in [-0.3, -0.25) is 9.78 Å². The highest BCUT2D eigenvalue weighted by Gasteiger charge is 2.46. The topological polar surface area (TPSA) is 79.4 Å². The lowest BCUT2D eigenvalue weighted by molar-refractivity contribution is -0.0448. The van der Waals surface area contributed by atoms with Crippen LogP contribution in [0.3, 0.4) is 0 Å². The number of pyridine rings is 1. The van der Waals surface area contributed by atoms with E-state index in [1.807, 2.05) is 0 Å². The van der Waals surface area contributed by atoms with Gasteiger partial charge < -0.3 is 4.90 Å². The number of hydrogen-bond donors (Lipinski definition) is 1. The van der Waals surface area contributed by atoms with Gasteiger partial charge in [-0.25, -0.2) is 13.1 Å². The molecule has 1 saturated heterocycles. The Morgan fingerprint density at radius 3 is 2.78 bits per heavy atom. The summed E-state index contributed by atoms with van der Waals surface area (Å²) in [5, 5.41) is 0.942.